The molecule has 2 aromatic carbocycles. The summed E-state index contributed by atoms with van der Waals surface area (Å²) in [6, 6.07) is 10.3. The Kier molecular flexibility index (Phi) is 8.68. The Hall–Kier alpha value is -3.55. The molecule has 0 heterocycles. The lowest BCUT2D eigenvalue weighted by atomic mass is 10.1. The van der Waals surface area contributed by atoms with Gasteiger partial charge in [0.05, 0.1) is 26.0 Å². The van der Waals surface area contributed by atoms with Crippen LogP contribution in [0.2, 0.25) is 0 Å². The average Bonchev–Trinajstić information content (AvgIpc) is 2.71. The first-order valence-corrected chi connectivity index (χ1v) is 9.75. The minimum atomic E-state index is -0.411. The highest BCUT2D eigenvalue weighted by molar-refractivity contribution is 5.96. The Morgan fingerprint density at radius 3 is 2.00 bits per heavy atom. The van der Waals surface area contributed by atoms with Gasteiger partial charge in [-0.1, -0.05) is 12.1 Å². The SMILES string of the molecule is CCOc1cc(C(=O)N/N=C/c2ccc(NC(C)=O)cc2)cc(OCC)c1OCC. The zero-order valence-corrected chi connectivity index (χ0v) is 17.7. The van der Waals surface area contributed by atoms with Crippen LogP contribution in [0.3, 0.4) is 0 Å². The van der Waals surface area contributed by atoms with Gasteiger partial charge in [0.2, 0.25) is 11.7 Å². The lowest BCUT2D eigenvalue weighted by molar-refractivity contribution is -0.114. The second kappa shape index (κ2) is 11.5. The highest BCUT2D eigenvalue weighted by Gasteiger charge is 2.18. The van der Waals surface area contributed by atoms with Crippen LogP contribution in [0.15, 0.2) is 41.5 Å². The van der Waals surface area contributed by atoms with E-state index in [0.717, 1.165) is 5.56 Å². The topological polar surface area (TPSA) is 98.2 Å². The maximum atomic E-state index is 12.6. The second-order valence-electron chi connectivity index (χ2n) is 6.10. The first-order chi connectivity index (χ1) is 14.5. The van der Waals surface area contributed by atoms with Crippen molar-refractivity contribution in [3.8, 4) is 17.2 Å². The van der Waals surface area contributed by atoms with Crippen LogP contribution in [0, 0.1) is 0 Å². The number of hydrogen-bond acceptors (Lipinski definition) is 6. The predicted molar refractivity (Wildman–Crippen MR) is 116 cm³/mol. The van der Waals surface area contributed by atoms with E-state index in [1.54, 1.807) is 36.4 Å². The molecule has 0 spiro atoms. The molecule has 8 nitrogen and oxygen atoms in total. The van der Waals surface area contributed by atoms with Gasteiger partial charge >= 0.3 is 0 Å². The summed E-state index contributed by atoms with van der Waals surface area (Å²) in [5.41, 5.74) is 4.28. The molecule has 0 saturated carbocycles. The Balaban J connectivity index is 2.15. The summed E-state index contributed by atoms with van der Waals surface area (Å²) in [4.78, 5) is 23.6. The van der Waals surface area contributed by atoms with Gasteiger partial charge in [-0.25, -0.2) is 5.43 Å². The normalized spacial score (nSPS) is 10.5. The van der Waals surface area contributed by atoms with E-state index in [1.165, 1.54) is 13.1 Å². The quantitative estimate of drug-likeness (QED) is 0.458. The van der Waals surface area contributed by atoms with E-state index in [2.05, 4.69) is 15.8 Å². The molecule has 0 radical (unpaired) electrons. The summed E-state index contributed by atoms with van der Waals surface area (Å²) in [6.07, 6.45) is 1.51. The van der Waals surface area contributed by atoms with E-state index in [4.69, 9.17) is 14.2 Å². The second-order valence-corrected chi connectivity index (χ2v) is 6.10. The van der Waals surface area contributed by atoms with Crippen LogP contribution in [-0.2, 0) is 4.79 Å². The van der Waals surface area contributed by atoms with Crippen LogP contribution in [0.4, 0.5) is 5.69 Å². The van der Waals surface area contributed by atoms with Gasteiger partial charge in [-0.2, -0.15) is 5.10 Å². The van der Waals surface area contributed by atoms with Gasteiger partial charge in [-0.3, -0.25) is 9.59 Å². The Morgan fingerprint density at radius 2 is 1.50 bits per heavy atom. The average molecular weight is 413 g/mol. The largest absolute Gasteiger partial charge is 0.490 e. The van der Waals surface area contributed by atoms with Crippen molar-refractivity contribution in [3.63, 3.8) is 0 Å². The summed E-state index contributed by atoms with van der Waals surface area (Å²) >= 11 is 0. The molecule has 0 aliphatic heterocycles. The van der Waals surface area contributed by atoms with Gasteiger partial charge in [0.1, 0.15) is 0 Å². The fourth-order valence-corrected chi connectivity index (χ4v) is 2.61. The highest BCUT2D eigenvalue weighted by atomic mass is 16.5. The number of benzene rings is 2. The minimum Gasteiger partial charge on any atom is -0.490 e. The van der Waals surface area contributed by atoms with Crippen molar-refractivity contribution < 1.29 is 23.8 Å². The van der Waals surface area contributed by atoms with Crippen LogP contribution >= 0.6 is 0 Å². The van der Waals surface area contributed by atoms with Gasteiger partial charge in [0.15, 0.2) is 11.5 Å². The molecule has 2 aromatic rings. The lowest BCUT2D eigenvalue weighted by Crippen LogP contribution is -2.18. The summed E-state index contributed by atoms with van der Waals surface area (Å²) in [5, 5.41) is 6.68. The maximum absolute atomic E-state index is 12.6. The molecular weight excluding hydrogens is 386 g/mol. The Bertz CT molecular complexity index is 867. The fourth-order valence-electron chi connectivity index (χ4n) is 2.61. The third-order valence-corrected chi connectivity index (χ3v) is 3.78. The molecule has 0 fully saturated rings. The molecule has 0 aliphatic carbocycles. The molecule has 2 N–H and O–H groups in total. The van der Waals surface area contributed by atoms with E-state index in [0.29, 0.717) is 48.3 Å². The molecule has 0 atom stereocenters. The van der Waals surface area contributed by atoms with Gasteiger partial charge in [0, 0.05) is 18.2 Å². The molecule has 30 heavy (non-hydrogen) atoms. The molecule has 0 aliphatic rings. The number of carbonyl (C=O) groups excluding carboxylic acids is 2. The third kappa shape index (κ3) is 6.51. The van der Waals surface area contributed by atoms with Crippen molar-refractivity contribution in [1.82, 2.24) is 5.43 Å². The zero-order chi connectivity index (χ0) is 21.9. The molecule has 8 heteroatoms. The smallest absolute Gasteiger partial charge is 0.271 e. The van der Waals surface area contributed by atoms with Crippen LogP contribution in [0.25, 0.3) is 0 Å². The van der Waals surface area contributed by atoms with E-state index in [1.807, 2.05) is 20.8 Å². The molecule has 0 saturated heterocycles. The molecular formula is C22H27N3O5. The number of amides is 2. The first kappa shape index (κ1) is 22.7. The van der Waals surface area contributed by atoms with Crippen molar-refractivity contribution >= 4 is 23.7 Å². The molecule has 0 aromatic heterocycles. The highest BCUT2D eigenvalue weighted by Crippen LogP contribution is 2.39. The van der Waals surface area contributed by atoms with Crippen molar-refractivity contribution in [2.24, 2.45) is 5.10 Å². The monoisotopic (exact) mass is 413 g/mol. The number of carbonyl (C=O) groups is 2. The van der Waals surface area contributed by atoms with Gasteiger partial charge < -0.3 is 19.5 Å². The van der Waals surface area contributed by atoms with E-state index >= 15 is 0 Å². The fraction of sp³-hybridized carbons (Fsp3) is 0.318. The van der Waals surface area contributed by atoms with Gasteiger partial charge in [-0.05, 0) is 50.6 Å². The van der Waals surface area contributed by atoms with Crippen LogP contribution in [-0.4, -0.2) is 37.8 Å². The number of nitrogens with zero attached hydrogens (tertiary/aromatic N) is 1. The van der Waals surface area contributed by atoms with Crippen molar-refractivity contribution in [2.75, 3.05) is 25.1 Å². The maximum Gasteiger partial charge on any atom is 0.271 e. The molecule has 0 unspecified atom stereocenters. The number of nitrogens with one attached hydrogen (secondary N) is 2. The number of ether oxygens (including phenoxy) is 3. The molecule has 0 bridgehead atoms. The number of anilines is 1. The van der Waals surface area contributed by atoms with Crippen molar-refractivity contribution in [1.29, 1.82) is 0 Å². The summed E-state index contributed by atoms with van der Waals surface area (Å²) < 4.78 is 16.9. The van der Waals surface area contributed by atoms with Crippen LogP contribution in [0.1, 0.15) is 43.6 Å². The summed E-state index contributed by atoms with van der Waals surface area (Å²) in [6.45, 7) is 8.29. The van der Waals surface area contributed by atoms with Gasteiger partial charge in [0.25, 0.3) is 5.91 Å². The molecule has 2 amide bonds. The van der Waals surface area contributed by atoms with Crippen molar-refractivity contribution in [2.45, 2.75) is 27.7 Å². The van der Waals surface area contributed by atoms with E-state index in [-0.39, 0.29) is 5.91 Å². The van der Waals surface area contributed by atoms with E-state index in [9.17, 15) is 9.59 Å². The van der Waals surface area contributed by atoms with Crippen molar-refractivity contribution in [3.05, 3.63) is 47.5 Å². The molecule has 2 rings (SSSR count). The number of hydrazone groups is 1. The van der Waals surface area contributed by atoms with Gasteiger partial charge in [-0.15, -0.1) is 0 Å². The van der Waals surface area contributed by atoms with Crippen LogP contribution in [0.5, 0.6) is 17.2 Å². The molecule has 160 valence electrons. The first-order valence-electron chi connectivity index (χ1n) is 9.75. The Labute approximate surface area is 176 Å². The zero-order valence-electron chi connectivity index (χ0n) is 17.7. The predicted octanol–water partition coefficient (Wildman–Crippen LogP) is 3.61. The standard InChI is InChI=1S/C22H27N3O5/c1-5-28-19-12-17(13-20(29-6-2)21(19)30-7-3)22(27)25-23-14-16-8-10-18(11-9-16)24-15(4)26/h8-14H,5-7H2,1-4H3,(H,24,26)(H,25,27)/b23-14+. The summed E-state index contributed by atoms with van der Waals surface area (Å²) in [5.74, 6) is 0.796. The Morgan fingerprint density at radius 1 is 0.933 bits per heavy atom. The third-order valence-electron chi connectivity index (χ3n) is 3.78. The number of hydrogen-bond donors (Lipinski definition) is 2. The minimum absolute atomic E-state index is 0.142. The van der Waals surface area contributed by atoms with E-state index < -0.39 is 5.91 Å². The summed E-state index contributed by atoms with van der Waals surface area (Å²) in [7, 11) is 0. The van der Waals surface area contributed by atoms with Crippen LogP contribution < -0.4 is 25.0 Å². The lowest BCUT2D eigenvalue weighted by Gasteiger charge is -2.16. The number of rotatable bonds is 10.